The number of ether oxygens (including phenoxy) is 1. The van der Waals surface area contributed by atoms with E-state index in [1.807, 2.05) is 86.9 Å². The Morgan fingerprint density at radius 3 is 2.47 bits per heavy atom. The second kappa shape index (κ2) is 10.3. The highest BCUT2D eigenvalue weighted by molar-refractivity contribution is 7.99. The molecule has 0 bridgehead atoms. The molecule has 0 radical (unpaired) electrons. The van der Waals surface area contributed by atoms with Crippen LogP contribution in [0.1, 0.15) is 49.9 Å². The van der Waals surface area contributed by atoms with Crippen molar-refractivity contribution in [2.75, 3.05) is 5.75 Å². The van der Waals surface area contributed by atoms with Crippen molar-refractivity contribution < 1.29 is 9.53 Å². The van der Waals surface area contributed by atoms with Crippen molar-refractivity contribution >= 4 is 17.7 Å². The van der Waals surface area contributed by atoms with E-state index in [-0.39, 0.29) is 23.8 Å². The molecule has 0 saturated carbocycles. The van der Waals surface area contributed by atoms with Crippen LogP contribution in [0.25, 0.3) is 0 Å². The van der Waals surface area contributed by atoms with Gasteiger partial charge >= 0.3 is 0 Å². The van der Waals surface area contributed by atoms with Gasteiger partial charge in [-0.15, -0.1) is 10.2 Å². The van der Waals surface area contributed by atoms with Crippen LogP contribution in [0.5, 0.6) is 5.75 Å². The Labute approximate surface area is 182 Å². The number of benzene rings is 2. The standard InChI is InChI=1S/C23H28N4O2S/c1-5-27-22(18(4)29-20-13-11-16(2)12-14-20)25-26-23(27)30-15-21(28)24-17(3)19-9-7-6-8-10-19/h6-14,17-18H,5,15H2,1-4H3,(H,24,28). The van der Waals surface area contributed by atoms with Gasteiger partial charge < -0.3 is 14.6 Å². The minimum absolute atomic E-state index is 0.0347. The lowest BCUT2D eigenvalue weighted by molar-refractivity contribution is -0.119. The van der Waals surface area contributed by atoms with E-state index in [4.69, 9.17) is 4.74 Å². The molecule has 0 saturated heterocycles. The number of carbonyl (C=O) groups excluding carboxylic acids is 1. The van der Waals surface area contributed by atoms with Crippen molar-refractivity contribution in [2.24, 2.45) is 0 Å². The maximum atomic E-state index is 12.4. The van der Waals surface area contributed by atoms with Gasteiger partial charge in [0.05, 0.1) is 11.8 Å². The summed E-state index contributed by atoms with van der Waals surface area (Å²) in [7, 11) is 0. The molecular weight excluding hydrogens is 396 g/mol. The number of nitrogens with one attached hydrogen (secondary N) is 1. The summed E-state index contributed by atoms with van der Waals surface area (Å²) in [5, 5.41) is 12.4. The molecule has 1 N–H and O–H groups in total. The molecule has 1 amide bonds. The van der Waals surface area contributed by atoms with E-state index in [9.17, 15) is 4.79 Å². The fourth-order valence-electron chi connectivity index (χ4n) is 3.12. The quantitative estimate of drug-likeness (QED) is 0.504. The number of aryl methyl sites for hydroxylation is 1. The Morgan fingerprint density at radius 1 is 1.10 bits per heavy atom. The van der Waals surface area contributed by atoms with Gasteiger partial charge in [0.25, 0.3) is 0 Å². The first kappa shape index (κ1) is 21.9. The zero-order chi connectivity index (χ0) is 21.5. The highest BCUT2D eigenvalue weighted by atomic mass is 32.2. The van der Waals surface area contributed by atoms with Gasteiger partial charge in [-0.3, -0.25) is 4.79 Å². The zero-order valence-electron chi connectivity index (χ0n) is 17.8. The summed E-state index contributed by atoms with van der Waals surface area (Å²) in [5.41, 5.74) is 2.27. The number of aromatic nitrogens is 3. The van der Waals surface area contributed by atoms with Crippen LogP contribution in [0.3, 0.4) is 0 Å². The Kier molecular flexibility index (Phi) is 7.52. The van der Waals surface area contributed by atoms with E-state index in [2.05, 4.69) is 15.5 Å². The third-order valence-corrected chi connectivity index (χ3v) is 5.74. The fraction of sp³-hybridized carbons (Fsp3) is 0.348. The fourth-order valence-corrected chi connectivity index (χ4v) is 3.94. The normalized spacial score (nSPS) is 12.9. The Morgan fingerprint density at radius 2 is 1.80 bits per heavy atom. The molecule has 0 aliphatic carbocycles. The topological polar surface area (TPSA) is 69.0 Å². The van der Waals surface area contributed by atoms with Crippen molar-refractivity contribution in [3.05, 3.63) is 71.5 Å². The minimum atomic E-state index is -0.249. The summed E-state index contributed by atoms with van der Waals surface area (Å²) < 4.78 is 8.02. The van der Waals surface area contributed by atoms with Crippen LogP contribution in [0.2, 0.25) is 0 Å². The van der Waals surface area contributed by atoms with E-state index in [1.165, 1.54) is 17.3 Å². The van der Waals surface area contributed by atoms with Crippen LogP contribution in [0.4, 0.5) is 0 Å². The Balaban J connectivity index is 1.59. The summed E-state index contributed by atoms with van der Waals surface area (Å²) in [5.74, 6) is 1.79. The Bertz CT molecular complexity index is 957. The number of hydrogen-bond acceptors (Lipinski definition) is 5. The first-order valence-electron chi connectivity index (χ1n) is 10.1. The third kappa shape index (κ3) is 5.63. The average molecular weight is 425 g/mol. The van der Waals surface area contributed by atoms with Crippen molar-refractivity contribution in [2.45, 2.75) is 51.5 Å². The van der Waals surface area contributed by atoms with E-state index in [1.54, 1.807) is 0 Å². The second-order valence-electron chi connectivity index (χ2n) is 7.15. The van der Waals surface area contributed by atoms with Gasteiger partial charge in [-0.1, -0.05) is 59.8 Å². The molecule has 3 aromatic rings. The number of nitrogens with zero attached hydrogens (tertiary/aromatic N) is 3. The first-order valence-corrected chi connectivity index (χ1v) is 11.1. The molecule has 3 rings (SSSR count). The molecule has 7 heteroatoms. The van der Waals surface area contributed by atoms with Gasteiger partial charge in [0, 0.05) is 6.54 Å². The summed E-state index contributed by atoms with van der Waals surface area (Å²) >= 11 is 1.39. The van der Waals surface area contributed by atoms with E-state index < -0.39 is 0 Å². The van der Waals surface area contributed by atoms with Gasteiger partial charge in [0.1, 0.15) is 5.75 Å². The molecule has 0 aliphatic heterocycles. The van der Waals surface area contributed by atoms with Crippen LogP contribution < -0.4 is 10.1 Å². The van der Waals surface area contributed by atoms with Crippen LogP contribution in [-0.4, -0.2) is 26.4 Å². The monoisotopic (exact) mass is 424 g/mol. The maximum Gasteiger partial charge on any atom is 0.230 e. The number of rotatable bonds is 9. The second-order valence-corrected chi connectivity index (χ2v) is 8.09. The minimum Gasteiger partial charge on any atom is -0.483 e. The summed E-state index contributed by atoms with van der Waals surface area (Å²) in [6, 6.07) is 17.8. The largest absolute Gasteiger partial charge is 0.483 e. The molecule has 2 atom stereocenters. The molecule has 30 heavy (non-hydrogen) atoms. The molecule has 1 aromatic heterocycles. The van der Waals surface area contributed by atoms with E-state index in [0.29, 0.717) is 6.54 Å². The van der Waals surface area contributed by atoms with Gasteiger partial charge in [0.2, 0.25) is 5.91 Å². The molecule has 1 heterocycles. The van der Waals surface area contributed by atoms with E-state index >= 15 is 0 Å². The van der Waals surface area contributed by atoms with Crippen LogP contribution in [0.15, 0.2) is 59.8 Å². The zero-order valence-corrected chi connectivity index (χ0v) is 18.6. The lowest BCUT2D eigenvalue weighted by atomic mass is 10.1. The molecule has 6 nitrogen and oxygen atoms in total. The summed E-state index contributed by atoms with van der Waals surface area (Å²) in [6.07, 6.45) is -0.249. The third-order valence-electron chi connectivity index (χ3n) is 4.77. The molecule has 2 unspecified atom stereocenters. The average Bonchev–Trinajstić information content (AvgIpc) is 3.17. The predicted octanol–water partition coefficient (Wildman–Crippen LogP) is 4.72. The van der Waals surface area contributed by atoms with Gasteiger partial charge in [-0.25, -0.2) is 0 Å². The molecular formula is C23H28N4O2S. The smallest absolute Gasteiger partial charge is 0.230 e. The van der Waals surface area contributed by atoms with Gasteiger partial charge in [-0.2, -0.15) is 0 Å². The molecule has 0 fully saturated rings. The lowest BCUT2D eigenvalue weighted by Gasteiger charge is -2.16. The van der Waals surface area contributed by atoms with Crippen LogP contribution >= 0.6 is 11.8 Å². The highest BCUT2D eigenvalue weighted by Gasteiger charge is 2.20. The molecule has 158 valence electrons. The molecule has 0 spiro atoms. The first-order chi connectivity index (χ1) is 14.5. The Hall–Kier alpha value is -2.80. The number of hydrogen-bond donors (Lipinski definition) is 1. The summed E-state index contributed by atoms with van der Waals surface area (Å²) in [6.45, 7) is 8.72. The van der Waals surface area contributed by atoms with Crippen molar-refractivity contribution in [3.63, 3.8) is 0 Å². The predicted molar refractivity (Wildman–Crippen MR) is 120 cm³/mol. The van der Waals surface area contributed by atoms with Gasteiger partial charge in [0.15, 0.2) is 17.1 Å². The van der Waals surface area contributed by atoms with Crippen molar-refractivity contribution in [1.29, 1.82) is 0 Å². The summed E-state index contributed by atoms with van der Waals surface area (Å²) in [4.78, 5) is 12.4. The van der Waals surface area contributed by atoms with E-state index in [0.717, 1.165) is 22.3 Å². The van der Waals surface area contributed by atoms with Gasteiger partial charge in [-0.05, 0) is 45.4 Å². The molecule has 2 aromatic carbocycles. The number of thioether (sulfide) groups is 1. The highest BCUT2D eigenvalue weighted by Crippen LogP contribution is 2.25. The van der Waals surface area contributed by atoms with Crippen molar-refractivity contribution in [3.8, 4) is 5.75 Å². The van der Waals surface area contributed by atoms with Crippen LogP contribution in [-0.2, 0) is 11.3 Å². The van der Waals surface area contributed by atoms with Crippen molar-refractivity contribution in [1.82, 2.24) is 20.1 Å². The lowest BCUT2D eigenvalue weighted by Crippen LogP contribution is -2.28. The SMILES string of the molecule is CCn1c(SCC(=O)NC(C)c2ccccc2)nnc1C(C)Oc1ccc(C)cc1. The van der Waals surface area contributed by atoms with Crippen LogP contribution in [0, 0.1) is 6.92 Å². The molecule has 0 aliphatic rings. The number of carbonyl (C=O) groups is 1. The number of amides is 1. The maximum absolute atomic E-state index is 12.4.